The molecule has 1 N–H and O–H groups in total. The topological polar surface area (TPSA) is 28.2 Å². The maximum atomic E-state index is 4.19. The SMILES string of the molecule is CC(C)C1CN(Cc2cccnc2)CCCN1. The van der Waals surface area contributed by atoms with Gasteiger partial charge in [-0.1, -0.05) is 19.9 Å². The number of pyridine rings is 1. The Labute approximate surface area is 104 Å². The quantitative estimate of drug-likeness (QED) is 0.864. The van der Waals surface area contributed by atoms with Crippen LogP contribution in [0.15, 0.2) is 24.5 Å². The van der Waals surface area contributed by atoms with Crippen molar-refractivity contribution in [3.63, 3.8) is 0 Å². The average Bonchev–Trinajstić information content (AvgIpc) is 2.56. The molecular formula is C14H23N3. The van der Waals surface area contributed by atoms with Crippen molar-refractivity contribution in [2.45, 2.75) is 32.9 Å². The molecule has 1 aliphatic rings. The van der Waals surface area contributed by atoms with E-state index in [1.54, 1.807) is 0 Å². The molecular weight excluding hydrogens is 210 g/mol. The number of hydrogen-bond acceptors (Lipinski definition) is 3. The number of rotatable bonds is 3. The lowest BCUT2D eigenvalue weighted by molar-refractivity contribution is 0.238. The first kappa shape index (κ1) is 12.5. The van der Waals surface area contributed by atoms with Crippen LogP contribution in [0.5, 0.6) is 0 Å². The predicted octanol–water partition coefficient (Wildman–Crippen LogP) is 1.90. The molecule has 1 atom stereocenters. The maximum Gasteiger partial charge on any atom is 0.0312 e. The standard InChI is InChI=1S/C14H23N3/c1-12(2)14-11-17(8-4-7-16-14)10-13-5-3-6-15-9-13/h3,5-6,9,12,14,16H,4,7-8,10-11H2,1-2H3. The molecule has 0 spiro atoms. The fraction of sp³-hybridized carbons (Fsp3) is 0.643. The Morgan fingerprint density at radius 3 is 3.12 bits per heavy atom. The minimum absolute atomic E-state index is 0.620. The third-order valence-corrected chi connectivity index (χ3v) is 3.45. The van der Waals surface area contributed by atoms with E-state index >= 15 is 0 Å². The molecule has 2 rings (SSSR count). The van der Waals surface area contributed by atoms with E-state index < -0.39 is 0 Å². The molecule has 1 saturated heterocycles. The highest BCUT2D eigenvalue weighted by Gasteiger charge is 2.19. The Morgan fingerprint density at radius 2 is 2.41 bits per heavy atom. The molecule has 0 saturated carbocycles. The highest BCUT2D eigenvalue weighted by molar-refractivity contribution is 5.08. The second-order valence-corrected chi connectivity index (χ2v) is 5.25. The molecule has 1 fully saturated rings. The van der Waals surface area contributed by atoms with Gasteiger partial charge in [0.05, 0.1) is 0 Å². The van der Waals surface area contributed by atoms with Crippen molar-refractivity contribution < 1.29 is 0 Å². The first-order valence-electron chi connectivity index (χ1n) is 6.60. The lowest BCUT2D eigenvalue weighted by Gasteiger charge is -2.26. The summed E-state index contributed by atoms with van der Waals surface area (Å²) < 4.78 is 0. The summed E-state index contributed by atoms with van der Waals surface area (Å²) in [5.74, 6) is 0.699. The van der Waals surface area contributed by atoms with E-state index in [0.717, 1.165) is 19.6 Å². The molecule has 0 aliphatic carbocycles. The van der Waals surface area contributed by atoms with Gasteiger partial charge in [-0.15, -0.1) is 0 Å². The normalized spacial score (nSPS) is 22.6. The molecule has 1 aromatic rings. The fourth-order valence-corrected chi connectivity index (χ4v) is 2.36. The van der Waals surface area contributed by atoms with Gasteiger partial charge in [0.25, 0.3) is 0 Å². The van der Waals surface area contributed by atoms with Gasteiger partial charge < -0.3 is 5.32 Å². The van der Waals surface area contributed by atoms with Crippen LogP contribution in [-0.4, -0.2) is 35.6 Å². The van der Waals surface area contributed by atoms with Crippen molar-refractivity contribution in [1.29, 1.82) is 0 Å². The molecule has 0 bridgehead atoms. The lowest BCUT2D eigenvalue weighted by atomic mass is 10.0. The summed E-state index contributed by atoms with van der Waals surface area (Å²) >= 11 is 0. The van der Waals surface area contributed by atoms with E-state index in [0.29, 0.717) is 12.0 Å². The lowest BCUT2D eigenvalue weighted by Crippen LogP contribution is -2.41. The van der Waals surface area contributed by atoms with Gasteiger partial charge in [0.15, 0.2) is 0 Å². The molecule has 17 heavy (non-hydrogen) atoms. The molecule has 1 aliphatic heterocycles. The van der Waals surface area contributed by atoms with Gasteiger partial charge in [0.1, 0.15) is 0 Å². The van der Waals surface area contributed by atoms with Crippen molar-refractivity contribution in [2.24, 2.45) is 5.92 Å². The Morgan fingerprint density at radius 1 is 1.53 bits per heavy atom. The Kier molecular flexibility index (Phi) is 4.51. The first-order valence-corrected chi connectivity index (χ1v) is 6.60. The minimum Gasteiger partial charge on any atom is -0.312 e. The van der Waals surface area contributed by atoms with Gasteiger partial charge in [-0.3, -0.25) is 9.88 Å². The molecule has 0 amide bonds. The van der Waals surface area contributed by atoms with E-state index in [2.05, 4.69) is 35.1 Å². The van der Waals surface area contributed by atoms with Crippen LogP contribution in [0.2, 0.25) is 0 Å². The number of hydrogen-bond donors (Lipinski definition) is 1. The third-order valence-electron chi connectivity index (χ3n) is 3.45. The summed E-state index contributed by atoms with van der Waals surface area (Å²) in [7, 11) is 0. The summed E-state index contributed by atoms with van der Waals surface area (Å²) in [5, 5.41) is 3.64. The predicted molar refractivity (Wildman–Crippen MR) is 70.8 cm³/mol. The van der Waals surface area contributed by atoms with Crippen molar-refractivity contribution in [3.8, 4) is 0 Å². The van der Waals surface area contributed by atoms with Gasteiger partial charge in [0.2, 0.25) is 0 Å². The summed E-state index contributed by atoms with van der Waals surface area (Å²) in [5.41, 5.74) is 1.32. The molecule has 3 heteroatoms. The maximum absolute atomic E-state index is 4.19. The van der Waals surface area contributed by atoms with Crippen LogP contribution in [0.3, 0.4) is 0 Å². The second kappa shape index (κ2) is 6.12. The van der Waals surface area contributed by atoms with Crippen molar-refractivity contribution in [1.82, 2.24) is 15.2 Å². The summed E-state index contributed by atoms with van der Waals surface area (Å²) in [6, 6.07) is 4.80. The zero-order valence-electron chi connectivity index (χ0n) is 10.9. The van der Waals surface area contributed by atoms with Crippen molar-refractivity contribution in [3.05, 3.63) is 30.1 Å². The van der Waals surface area contributed by atoms with Gasteiger partial charge in [-0.25, -0.2) is 0 Å². The van der Waals surface area contributed by atoms with Crippen LogP contribution in [-0.2, 0) is 6.54 Å². The van der Waals surface area contributed by atoms with E-state index in [4.69, 9.17) is 0 Å². The average molecular weight is 233 g/mol. The zero-order chi connectivity index (χ0) is 12.1. The molecule has 0 radical (unpaired) electrons. The highest BCUT2D eigenvalue weighted by Crippen LogP contribution is 2.11. The smallest absolute Gasteiger partial charge is 0.0312 e. The number of aromatic nitrogens is 1. The van der Waals surface area contributed by atoms with Gasteiger partial charge in [-0.2, -0.15) is 0 Å². The first-order chi connectivity index (χ1) is 8.25. The second-order valence-electron chi connectivity index (χ2n) is 5.25. The molecule has 94 valence electrons. The Balaban J connectivity index is 1.95. The summed E-state index contributed by atoms with van der Waals surface area (Å²) in [4.78, 5) is 6.73. The van der Waals surface area contributed by atoms with Crippen LogP contribution in [0.4, 0.5) is 0 Å². The van der Waals surface area contributed by atoms with E-state index in [1.807, 2.05) is 18.5 Å². The molecule has 2 heterocycles. The summed E-state index contributed by atoms with van der Waals surface area (Å²) in [6.45, 7) is 9.10. The Bertz CT molecular complexity index is 323. The molecule has 1 unspecified atom stereocenters. The van der Waals surface area contributed by atoms with E-state index in [-0.39, 0.29) is 0 Å². The van der Waals surface area contributed by atoms with E-state index in [1.165, 1.54) is 18.5 Å². The minimum atomic E-state index is 0.620. The van der Waals surface area contributed by atoms with Crippen LogP contribution in [0.25, 0.3) is 0 Å². The molecule has 3 nitrogen and oxygen atoms in total. The fourth-order valence-electron chi connectivity index (χ4n) is 2.36. The van der Waals surface area contributed by atoms with Crippen LogP contribution in [0.1, 0.15) is 25.8 Å². The summed E-state index contributed by atoms with van der Waals surface area (Å²) in [6.07, 6.45) is 5.05. The number of nitrogens with one attached hydrogen (secondary N) is 1. The van der Waals surface area contributed by atoms with Gasteiger partial charge in [-0.05, 0) is 37.1 Å². The van der Waals surface area contributed by atoms with E-state index in [9.17, 15) is 0 Å². The Hall–Kier alpha value is -0.930. The van der Waals surface area contributed by atoms with Crippen molar-refractivity contribution in [2.75, 3.05) is 19.6 Å². The highest BCUT2D eigenvalue weighted by atomic mass is 15.2. The van der Waals surface area contributed by atoms with Crippen LogP contribution in [0, 0.1) is 5.92 Å². The molecule has 0 aromatic carbocycles. The third kappa shape index (κ3) is 3.79. The zero-order valence-corrected chi connectivity index (χ0v) is 10.9. The largest absolute Gasteiger partial charge is 0.312 e. The van der Waals surface area contributed by atoms with Gasteiger partial charge >= 0.3 is 0 Å². The van der Waals surface area contributed by atoms with Crippen LogP contribution < -0.4 is 5.32 Å². The van der Waals surface area contributed by atoms with Crippen LogP contribution >= 0.6 is 0 Å². The number of nitrogens with zero attached hydrogens (tertiary/aromatic N) is 2. The van der Waals surface area contributed by atoms with Crippen molar-refractivity contribution >= 4 is 0 Å². The monoisotopic (exact) mass is 233 g/mol. The molecule has 1 aromatic heterocycles. The van der Waals surface area contributed by atoms with Gasteiger partial charge in [0, 0.05) is 31.5 Å².